The first-order chi connectivity index (χ1) is 11.2. The summed E-state index contributed by atoms with van der Waals surface area (Å²) in [6.07, 6.45) is 4.16. The van der Waals surface area contributed by atoms with Crippen molar-refractivity contribution in [3.63, 3.8) is 0 Å². The van der Waals surface area contributed by atoms with Crippen molar-refractivity contribution in [1.29, 1.82) is 0 Å². The maximum atomic E-state index is 12.0. The third-order valence-corrected chi connectivity index (χ3v) is 3.71. The predicted molar refractivity (Wildman–Crippen MR) is 87.2 cm³/mol. The monoisotopic (exact) mass is 336 g/mol. The van der Waals surface area contributed by atoms with Crippen molar-refractivity contribution in [1.82, 2.24) is 9.88 Å². The normalized spacial score (nSPS) is 15.9. The van der Waals surface area contributed by atoms with Crippen LogP contribution in [0.1, 0.15) is 44.0 Å². The van der Waals surface area contributed by atoms with Gasteiger partial charge in [0.1, 0.15) is 11.4 Å². The van der Waals surface area contributed by atoms with Crippen LogP contribution in [0, 0.1) is 5.92 Å². The molecule has 0 spiro atoms. The van der Waals surface area contributed by atoms with Crippen LogP contribution in [0.25, 0.3) is 0 Å². The lowest BCUT2D eigenvalue weighted by molar-refractivity contribution is 0.0165. The zero-order chi connectivity index (χ0) is 17.7. The van der Waals surface area contributed by atoms with Gasteiger partial charge in [-0.3, -0.25) is 4.98 Å². The fourth-order valence-electron chi connectivity index (χ4n) is 2.44. The maximum Gasteiger partial charge on any atom is 0.410 e. The molecular formula is C17H24N2O5. The number of hydrogen-bond acceptors (Lipinski definition) is 5. The summed E-state index contributed by atoms with van der Waals surface area (Å²) < 4.78 is 11.0. The van der Waals surface area contributed by atoms with E-state index in [2.05, 4.69) is 4.98 Å². The summed E-state index contributed by atoms with van der Waals surface area (Å²) in [7, 11) is 0. The molecule has 1 N–H and O–H groups in total. The molecule has 0 saturated carbocycles. The summed E-state index contributed by atoms with van der Waals surface area (Å²) in [6.45, 7) is 7.31. The molecule has 1 aliphatic heterocycles. The molecule has 0 atom stereocenters. The van der Waals surface area contributed by atoms with Gasteiger partial charge in [0.05, 0.1) is 18.4 Å². The van der Waals surface area contributed by atoms with E-state index in [1.54, 1.807) is 4.90 Å². The van der Waals surface area contributed by atoms with Crippen LogP contribution in [0.4, 0.5) is 4.79 Å². The van der Waals surface area contributed by atoms with Crippen molar-refractivity contribution in [3.05, 3.63) is 24.0 Å². The Labute approximate surface area is 141 Å². The lowest BCUT2D eigenvalue weighted by atomic mass is 9.98. The summed E-state index contributed by atoms with van der Waals surface area (Å²) in [5, 5.41) is 8.94. The third kappa shape index (κ3) is 5.40. The van der Waals surface area contributed by atoms with Gasteiger partial charge in [-0.05, 0) is 45.6 Å². The van der Waals surface area contributed by atoms with E-state index in [0.29, 0.717) is 31.4 Å². The molecular weight excluding hydrogens is 312 g/mol. The molecule has 24 heavy (non-hydrogen) atoms. The molecule has 1 aliphatic rings. The molecule has 0 aliphatic carbocycles. The lowest BCUT2D eigenvalue weighted by Gasteiger charge is -2.33. The predicted octanol–water partition coefficient (Wildman–Crippen LogP) is 2.81. The second-order valence-corrected chi connectivity index (χ2v) is 6.94. The number of carboxylic acids is 1. The summed E-state index contributed by atoms with van der Waals surface area (Å²) in [6, 6.07) is 1.46. The van der Waals surface area contributed by atoms with Crippen molar-refractivity contribution < 1.29 is 24.2 Å². The van der Waals surface area contributed by atoms with Gasteiger partial charge in [0.25, 0.3) is 0 Å². The topological polar surface area (TPSA) is 89.0 Å². The Kier molecular flexibility index (Phi) is 5.64. The van der Waals surface area contributed by atoms with Gasteiger partial charge in [-0.15, -0.1) is 0 Å². The van der Waals surface area contributed by atoms with Crippen LogP contribution >= 0.6 is 0 Å². The SMILES string of the molecule is CC(C)(C)OC(=O)N1CCC(COc2cncc(C(=O)O)c2)CC1. The number of carboxylic acid groups (broad SMARTS) is 1. The Morgan fingerprint density at radius 2 is 1.96 bits per heavy atom. The largest absolute Gasteiger partial charge is 0.492 e. The van der Waals surface area contributed by atoms with Crippen molar-refractivity contribution in [2.45, 2.75) is 39.2 Å². The molecule has 132 valence electrons. The molecule has 7 nitrogen and oxygen atoms in total. The van der Waals surface area contributed by atoms with Crippen molar-refractivity contribution >= 4 is 12.1 Å². The molecule has 0 unspecified atom stereocenters. The molecule has 7 heteroatoms. The van der Waals surface area contributed by atoms with Crippen LogP contribution in [-0.4, -0.2) is 52.4 Å². The van der Waals surface area contributed by atoms with Crippen LogP contribution in [-0.2, 0) is 4.74 Å². The van der Waals surface area contributed by atoms with Crippen LogP contribution in [0.3, 0.4) is 0 Å². The molecule has 1 amide bonds. The van der Waals surface area contributed by atoms with E-state index in [1.807, 2.05) is 20.8 Å². The number of hydrogen-bond donors (Lipinski definition) is 1. The fraction of sp³-hybridized carbons (Fsp3) is 0.588. The van der Waals surface area contributed by atoms with E-state index >= 15 is 0 Å². The Morgan fingerprint density at radius 1 is 1.29 bits per heavy atom. The van der Waals surface area contributed by atoms with Crippen LogP contribution in [0.15, 0.2) is 18.5 Å². The number of carbonyl (C=O) groups excluding carboxylic acids is 1. The summed E-state index contributed by atoms with van der Waals surface area (Å²) in [5.74, 6) is -0.264. The van der Waals surface area contributed by atoms with Crippen LogP contribution < -0.4 is 4.74 Å². The van der Waals surface area contributed by atoms with Crippen molar-refractivity contribution in [2.75, 3.05) is 19.7 Å². The molecule has 0 bridgehead atoms. The lowest BCUT2D eigenvalue weighted by Crippen LogP contribution is -2.42. The molecule has 2 heterocycles. The summed E-state index contributed by atoms with van der Waals surface area (Å²) in [4.78, 5) is 28.5. The van der Waals surface area contributed by atoms with Gasteiger partial charge >= 0.3 is 12.1 Å². The highest BCUT2D eigenvalue weighted by molar-refractivity contribution is 5.87. The minimum atomic E-state index is -1.03. The van der Waals surface area contributed by atoms with Gasteiger partial charge in [-0.2, -0.15) is 0 Å². The number of nitrogens with zero attached hydrogens (tertiary/aromatic N) is 2. The number of rotatable bonds is 4. The fourth-order valence-corrected chi connectivity index (χ4v) is 2.44. The number of pyridine rings is 1. The average Bonchev–Trinajstić information content (AvgIpc) is 2.52. The van der Waals surface area contributed by atoms with Gasteiger partial charge < -0.3 is 19.5 Å². The molecule has 0 aromatic carbocycles. The smallest absolute Gasteiger partial charge is 0.410 e. The number of carbonyl (C=O) groups is 2. The Hall–Kier alpha value is -2.31. The van der Waals surface area contributed by atoms with Crippen molar-refractivity contribution in [3.8, 4) is 5.75 Å². The maximum absolute atomic E-state index is 12.0. The minimum Gasteiger partial charge on any atom is -0.492 e. The number of piperidine rings is 1. The number of likely N-dealkylation sites (tertiary alicyclic amines) is 1. The van der Waals surface area contributed by atoms with Gasteiger partial charge in [0, 0.05) is 19.3 Å². The standard InChI is InChI=1S/C17H24N2O5/c1-17(2,3)24-16(22)19-6-4-12(5-7-19)11-23-14-8-13(15(20)21)9-18-10-14/h8-10,12H,4-7,11H2,1-3H3,(H,20,21). The van der Waals surface area contributed by atoms with E-state index in [9.17, 15) is 9.59 Å². The Bertz CT molecular complexity index is 589. The first-order valence-electron chi connectivity index (χ1n) is 8.03. The number of amides is 1. The van der Waals surface area contributed by atoms with Crippen LogP contribution in [0.2, 0.25) is 0 Å². The molecule has 1 aromatic heterocycles. The minimum absolute atomic E-state index is 0.104. The second-order valence-electron chi connectivity index (χ2n) is 6.94. The number of aromatic carboxylic acids is 1. The highest BCUT2D eigenvalue weighted by Gasteiger charge is 2.27. The van der Waals surface area contributed by atoms with E-state index in [0.717, 1.165) is 12.8 Å². The first-order valence-corrected chi connectivity index (χ1v) is 8.03. The molecule has 0 radical (unpaired) electrons. The zero-order valence-electron chi connectivity index (χ0n) is 14.3. The van der Waals surface area contributed by atoms with Gasteiger partial charge in [-0.25, -0.2) is 9.59 Å². The molecule has 1 saturated heterocycles. The van der Waals surface area contributed by atoms with E-state index in [-0.39, 0.29) is 11.7 Å². The van der Waals surface area contributed by atoms with E-state index in [1.165, 1.54) is 18.5 Å². The van der Waals surface area contributed by atoms with Gasteiger partial charge in [0.2, 0.25) is 0 Å². The summed E-state index contributed by atoms with van der Waals surface area (Å²) in [5.41, 5.74) is -0.383. The van der Waals surface area contributed by atoms with Gasteiger partial charge in [0.15, 0.2) is 0 Å². The third-order valence-electron chi connectivity index (χ3n) is 3.71. The molecule has 1 aromatic rings. The Balaban J connectivity index is 1.78. The average molecular weight is 336 g/mol. The van der Waals surface area contributed by atoms with E-state index < -0.39 is 11.6 Å². The summed E-state index contributed by atoms with van der Waals surface area (Å²) >= 11 is 0. The second kappa shape index (κ2) is 7.51. The van der Waals surface area contributed by atoms with Crippen LogP contribution in [0.5, 0.6) is 5.75 Å². The molecule has 2 rings (SSSR count). The van der Waals surface area contributed by atoms with Gasteiger partial charge in [-0.1, -0.05) is 0 Å². The quantitative estimate of drug-likeness (QED) is 0.909. The van der Waals surface area contributed by atoms with E-state index in [4.69, 9.17) is 14.6 Å². The van der Waals surface area contributed by atoms with Crippen molar-refractivity contribution in [2.24, 2.45) is 5.92 Å². The highest BCUT2D eigenvalue weighted by atomic mass is 16.6. The number of ether oxygens (including phenoxy) is 2. The zero-order valence-corrected chi connectivity index (χ0v) is 14.3. The number of aromatic nitrogens is 1. The first kappa shape index (κ1) is 18.0. The molecule has 1 fully saturated rings. The highest BCUT2D eigenvalue weighted by Crippen LogP contribution is 2.21. The Morgan fingerprint density at radius 3 is 2.54 bits per heavy atom.